The molecule has 0 saturated heterocycles. The van der Waals surface area contributed by atoms with Gasteiger partial charge in [0.15, 0.2) is 11.5 Å². The fourth-order valence-electron chi connectivity index (χ4n) is 0.845. The Morgan fingerprint density at radius 1 is 1.45 bits per heavy atom. The van der Waals surface area contributed by atoms with Crippen LogP contribution in [0.15, 0.2) is 18.2 Å². The van der Waals surface area contributed by atoms with Crippen LogP contribution in [0.25, 0.3) is 0 Å². The Hall–Kier alpha value is -1.38. The van der Waals surface area contributed by atoms with Crippen LogP contribution in [0.2, 0.25) is 0 Å². The van der Waals surface area contributed by atoms with Crippen LogP contribution >= 0.6 is 0 Å². The smallest absolute Gasteiger partial charge is 0.160 e. The lowest BCUT2D eigenvalue weighted by atomic mass is 10.3. The zero-order chi connectivity index (χ0) is 8.27. The average molecular weight is 153 g/mol. The van der Waals surface area contributed by atoms with E-state index < -0.39 is 0 Å². The molecule has 0 aromatic heterocycles. The lowest BCUT2D eigenvalue weighted by molar-refractivity contribution is 0.373. The predicted molar refractivity (Wildman–Crippen MR) is 44.2 cm³/mol. The molecular weight excluding hydrogens is 142 g/mol. The van der Waals surface area contributed by atoms with Gasteiger partial charge in [-0.3, -0.25) is 0 Å². The average Bonchev–Trinajstić information content (AvgIpc) is 2.04. The predicted octanol–water partition coefficient (Wildman–Crippen LogP) is 1.44. The van der Waals surface area contributed by atoms with Gasteiger partial charge in [-0.25, -0.2) is 0 Å². The minimum Gasteiger partial charge on any atom is -0.504 e. The lowest BCUT2D eigenvalue weighted by Crippen LogP contribution is -1.88. The van der Waals surface area contributed by atoms with Gasteiger partial charge in [0.05, 0.1) is 7.11 Å². The summed E-state index contributed by atoms with van der Waals surface area (Å²) >= 11 is 0. The Morgan fingerprint density at radius 3 is 2.64 bits per heavy atom. The maximum absolute atomic E-state index is 9.26. The quantitative estimate of drug-likeness (QED) is 0.675. The van der Waals surface area contributed by atoms with E-state index in [1.165, 1.54) is 7.11 Å². The largest absolute Gasteiger partial charge is 0.504 e. The van der Waals surface area contributed by atoms with Crippen molar-refractivity contribution in [2.24, 2.45) is 0 Å². The highest BCUT2D eigenvalue weighted by molar-refractivity contribution is 5.53. The zero-order valence-corrected chi connectivity index (χ0v) is 6.59. The number of aromatic hydroxyl groups is 1. The molecule has 1 aromatic carbocycles. The van der Waals surface area contributed by atoms with Gasteiger partial charge in [0.2, 0.25) is 0 Å². The van der Waals surface area contributed by atoms with E-state index in [1.807, 2.05) is 6.07 Å². The van der Waals surface area contributed by atoms with Gasteiger partial charge in [0.1, 0.15) is 0 Å². The van der Waals surface area contributed by atoms with Gasteiger partial charge in [-0.1, -0.05) is 0 Å². The SMILES string of the molecule is CNc1ccc(OC)c(O)c1. The number of phenols is 1. The second-order valence-corrected chi connectivity index (χ2v) is 2.14. The summed E-state index contributed by atoms with van der Waals surface area (Å²) in [6.45, 7) is 0. The minimum absolute atomic E-state index is 0.152. The summed E-state index contributed by atoms with van der Waals surface area (Å²) in [7, 11) is 3.31. The summed E-state index contributed by atoms with van der Waals surface area (Å²) in [5.74, 6) is 0.642. The van der Waals surface area contributed by atoms with Crippen molar-refractivity contribution < 1.29 is 9.84 Å². The molecule has 11 heavy (non-hydrogen) atoms. The van der Waals surface area contributed by atoms with Crippen LogP contribution in [0.1, 0.15) is 0 Å². The second kappa shape index (κ2) is 3.14. The van der Waals surface area contributed by atoms with Gasteiger partial charge < -0.3 is 15.2 Å². The van der Waals surface area contributed by atoms with Crippen molar-refractivity contribution in [3.8, 4) is 11.5 Å². The molecular formula is C8H11NO2. The van der Waals surface area contributed by atoms with Gasteiger partial charge in [-0.2, -0.15) is 0 Å². The molecule has 0 aliphatic rings. The Balaban J connectivity index is 2.99. The number of nitrogens with one attached hydrogen (secondary N) is 1. The fourth-order valence-corrected chi connectivity index (χ4v) is 0.845. The maximum Gasteiger partial charge on any atom is 0.160 e. The molecule has 0 heterocycles. The van der Waals surface area contributed by atoms with Crippen LogP contribution in [0, 0.1) is 0 Å². The number of rotatable bonds is 2. The zero-order valence-electron chi connectivity index (χ0n) is 6.59. The molecule has 0 aliphatic heterocycles. The maximum atomic E-state index is 9.26. The first-order valence-electron chi connectivity index (χ1n) is 3.32. The van der Waals surface area contributed by atoms with Crippen LogP contribution in [0.3, 0.4) is 0 Å². The standard InChI is InChI=1S/C8H11NO2/c1-9-6-3-4-8(11-2)7(10)5-6/h3-5,9-10H,1-2H3. The van der Waals surface area contributed by atoms with E-state index in [1.54, 1.807) is 19.2 Å². The van der Waals surface area contributed by atoms with E-state index in [9.17, 15) is 5.11 Å². The van der Waals surface area contributed by atoms with Crippen molar-refractivity contribution in [3.63, 3.8) is 0 Å². The van der Waals surface area contributed by atoms with Crippen molar-refractivity contribution >= 4 is 5.69 Å². The molecule has 0 atom stereocenters. The molecule has 0 saturated carbocycles. The molecule has 3 nitrogen and oxygen atoms in total. The number of methoxy groups -OCH3 is 1. The lowest BCUT2D eigenvalue weighted by Gasteiger charge is -2.04. The highest BCUT2D eigenvalue weighted by Crippen LogP contribution is 2.27. The Bertz CT molecular complexity index is 248. The normalized spacial score (nSPS) is 9.27. The number of hydrogen-bond acceptors (Lipinski definition) is 3. The van der Waals surface area contributed by atoms with E-state index in [2.05, 4.69) is 5.32 Å². The molecule has 0 bridgehead atoms. The molecule has 0 fully saturated rings. The number of hydrogen-bond donors (Lipinski definition) is 2. The Kier molecular flexibility index (Phi) is 2.21. The summed E-state index contributed by atoms with van der Waals surface area (Å²) in [6.07, 6.45) is 0. The number of phenolic OH excluding ortho intramolecular Hbond substituents is 1. The first-order valence-corrected chi connectivity index (χ1v) is 3.32. The molecule has 3 heteroatoms. The van der Waals surface area contributed by atoms with Gasteiger partial charge >= 0.3 is 0 Å². The topological polar surface area (TPSA) is 41.5 Å². The third-order valence-electron chi connectivity index (χ3n) is 1.47. The van der Waals surface area contributed by atoms with Crippen LogP contribution in [-0.2, 0) is 0 Å². The monoisotopic (exact) mass is 153 g/mol. The number of benzene rings is 1. The summed E-state index contributed by atoms with van der Waals surface area (Å²) in [6, 6.07) is 5.15. The first kappa shape index (κ1) is 7.72. The Labute approximate surface area is 65.6 Å². The van der Waals surface area contributed by atoms with Crippen molar-refractivity contribution in [2.75, 3.05) is 19.5 Å². The second-order valence-electron chi connectivity index (χ2n) is 2.14. The molecule has 0 aliphatic carbocycles. The first-order chi connectivity index (χ1) is 5.27. The van der Waals surface area contributed by atoms with Crippen LogP contribution in [0.5, 0.6) is 11.5 Å². The third kappa shape index (κ3) is 1.55. The van der Waals surface area contributed by atoms with E-state index in [4.69, 9.17) is 4.74 Å². The van der Waals surface area contributed by atoms with E-state index in [-0.39, 0.29) is 5.75 Å². The summed E-state index contributed by atoms with van der Waals surface area (Å²) in [5, 5.41) is 12.2. The van der Waals surface area contributed by atoms with Crippen molar-refractivity contribution in [1.29, 1.82) is 0 Å². The molecule has 0 spiro atoms. The highest BCUT2D eigenvalue weighted by Gasteiger charge is 1.99. The molecule has 2 N–H and O–H groups in total. The Morgan fingerprint density at radius 2 is 2.18 bits per heavy atom. The van der Waals surface area contributed by atoms with Crippen LogP contribution in [0.4, 0.5) is 5.69 Å². The number of anilines is 1. The molecule has 0 amide bonds. The van der Waals surface area contributed by atoms with Gasteiger partial charge in [0, 0.05) is 18.8 Å². The molecule has 1 rings (SSSR count). The van der Waals surface area contributed by atoms with E-state index in [0.717, 1.165) is 5.69 Å². The van der Waals surface area contributed by atoms with Crippen LogP contribution < -0.4 is 10.1 Å². The summed E-state index contributed by atoms with van der Waals surface area (Å²) in [5.41, 5.74) is 0.864. The van der Waals surface area contributed by atoms with Crippen molar-refractivity contribution in [3.05, 3.63) is 18.2 Å². The third-order valence-corrected chi connectivity index (χ3v) is 1.47. The molecule has 1 aromatic rings. The summed E-state index contributed by atoms with van der Waals surface area (Å²) in [4.78, 5) is 0. The van der Waals surface area contributed by atoms with Crippen LogP contribution in [-0.4, -0.2) is 19.3 Å². The fraction of sp³-hybridized carbons (Fsp3) is 0.250. The molecule has 0 radical (unpaired) electrons. The molecule has 0 unspecified atom stereocenters. The molecule has 60 valence electrons. The summed E-state index contributed by atoms with van der Waals surface area (Å²) < 4.78 is 4.87. The number of ether oxygens (including phenoxy) is 1. The van der Waals surface area contributed by atoms with Gasteiger partial charge in [-0.05, 0) is 12.1 Å². The van der Waals surface area contributed by atoms with Gasteiger partial charge in [0.25, 0.3) is 0 Å². The van der Waals surface area contributed by atoms with E-state index in [0.29, 0.717) is 5.75 Å². The minimum atomic E-state index is 0.152. The van der Waals surface area contributed by atoms with Crippen molar-refractivity contribution in [1.82, 2.24) is 0 Å². The van der Waals surface area contributed by atoms with Gasteiger partial charge in [-0.15, -0.1) is 0 Å². The van der Waals surface area contributed by atoms with E-state index >= 15 is 0 Å². The highest BCUT2D eigenvalue weighted by atomic mass is 16.5. The van der Waals surface area contributed by atoms with Crippen molar-refractivity contribution in [2.45, 2.75) is 0 Å².